The zero-order valence-electron chi connectivity index (χ0n) is 15.8. The fourth-order valence-electron chi connectivity index (χ4n) is 3.58. The summed E-state index contributed by atoms with van der Waals surface area (Å²) >= 11 is 7.37. The minimum atomic E-state index is -1.81. The molecule has 3 N–H and O–H groups in total. The highest BCUT2D eigenvalue weighted by Crippen LogP contribution is 2.40. The third kappa shape index (κ3) is 3.70. The van der Waals surface area contributed by atoms with Gasteiger partial charge in [0.1, 0.15) is 0 Å². The van der Waals surface area contributed by atoms with Crippen LogP contribution in [0.2, 0.25) is 5.02 Å². The number of fused-ring (bicyclic) bond motifs is 2. The molecule has 0 spiro atoms. The van der Waals surface area contributed by atoms with E-state index in [0.29, 0.717) is 18.0 Å². The highest BCUT2D eigenvalue weighted by molar-refractivity contribution is 8.02. The van der Waals surface area contributed by atoms with Crippen LogP contribution in [0.5, 0.6) is 0 Å². The number of rotatable bonds is 7. The van der Waals surface area contributed by atoms with Gasteiger partial charge in [-0.25, -0.2) is 4.79 Å². The number of carbonyl (C=O) groups excluding carboxylic acids is 2. The molecule has 10 heteroatoms. The Hall–Kier alpha value is -2.78. The smallest absolute Gasteiger partial charge is 0.355 e. The van der Waals surface area contributed by atoms with Gasteiger partial charge in [0.15, 0.2) is 0 Å². The van der Waals surface area contributed by atoms with Crippen molar-refractivity contribution in [2.75, 3.05) is 11.9 Å². The molecule has 2 atom stereocenters. The summed E-state index contributed by atoms with van der Waals surface area (Å²) in [5.74, 6) is -1.99. The van der Waals surface area contributed by atoms with Crippen LogP contribution >= 0.6 is 23.4 Å². The van der Waals surface area contributed by atoms with E-state index in [-0.39, 0.29) is 24.1 Å². The molecule has 0 saturated carbocycles. The Labute approximate surface area is 181 Å². The average Bonchev–Trinajstić information content (AvgIpc) is 2.69. The first kappa shape index (κ1) is 20.5. The van der Waals surface area contributed by atoms with Crippen molar-refractivity contribution in [1.82, 2.24) is 15.2 Å². The highest BCUT2D eigenvalue weighted by Gasteiger charge is 2.56. The number of carbonyl (C=O) groups is 3. The Morgan fingerprint density at radius 3 is 2.97 bits per heavy atom. The summed E-state index contributed by atoms with van der Waals surface area (Å²) in [5, 5.41) is 18.4. The average molecular weight is 447 g/mol. The van der Waals surface area contributed by atoms with Gasteiger partial charge in [-0.05, 0) is 42.2 Å². The van der Waals surface area contributed by atoms with Gasteiger partial charge in [0.05, 0.1) is 17.3 Å². The second-order valence-corrected chi connectivity index (χ2v) is 8.56. The number of nitrogens with zero attached hydrogens (tertiary/aromatic N) is 2. The number of nitrogens with one attached hydrogen (secondary N) is 2. The van der Waals surface area contributed by atoms with E-state index in [2.05, 4.69) is 15.6 Å². The maximum absolute atomic E-state index is 12.5. The van der Waals surface area contributed by atoms with Crippen molar-refractivity contribution >= 4 is 57.7 Å². The first-order chi connectivity index (χ1) is 14.4. The molecule has 8 nitrogen and oxygen atoms in total. The van der Waals surface area contributed by atoms with Gasteiger partial charge in [-0.1, -0.05) is 11.6 Å². The van der Waals surface area contributed by atoms with Crippen LogP contribution in [0, 0.1) is 0 Å². The van der Waals surface area contributed by atoms with Gasteiger partial charge >= 0.3 is 5.97 Å². The Morgan fingerprint density at radius 1 is 1.37 bits per heavy atom. The Bertz CT molecular complexity index is 1060. The molecule has 30 heavy (non-hydrogen) atoms. The van der Waals surface area contributed by atoms with Crippen molar-refractivity contribution in [2.24, 2.45) is 0 Å². The number of pyridine rings is 1. The van der Waals surface area contributed by atoms with E-state index < -0.39 is 17.5 Å². The molecule has 1 fully saturated rings. The van der Waals surface area contributed by atoms with E-state index in [0.717, 1.165) is 16.6 Å². The number of carboxylic acids is 1. The van der Waals surface area contributed by atoms with Gasteiger partial charge in [0.25, 0.3) is 0 Å². The molecule has 2 amide bonds. The molecule has 1 aromatic carbocycles. The number of β-lactam (4-membered cyclic amide) rings is 1. The lowest BCUT2D eigenvalue weighted by molar-refractivity contribution is -0.168. The van der Waals surface area contributed by atoms with Crippen molar-refractivity contribution in [3.05, 3.63) is 47.0 Å². The van der Waals surface area contributed by atoms with Gasteiger partial charge in [0.2, 0.25) is 17.5 Å². The van der Waals surface area contributed by atoms with Crippen molar-refractivity contribution in [3.63, 3.8) is 0 Å². The monoisotopic (exact) mass is 446 g/mol. The van der Waals surface area contributed by atoms with Crippen LogP contribution in [0.4, 0.5) is 5.69 Å². The molecular weight excluding hydrogens is 428 g/mol. The summed E-state index contributed by atoms with van der Waals surface area (Å²) < 4.78 is 0. The fourth-order valence-corrected chi connectivity index (χ4v) is 4.85. The Morgan fingerprint density at radius 2 is 2.20 bits per heavy atom. The largest absolute Gasteiger partial charge is 0.478 e. The van der Waals surface area contributed by atoms with E-state index in [1.807, 2.05) is 12.1 Å². The number of aliphatic carboxylic acids is 1. The van der Waals surface area contributed by atoms with Crippen molar-refractivity contribution < 1.29 is 19.5 Å². The van der Waals surface area contributed by atoms with Crippen LogP contribution in [0.25, 0.3) is 10.9 Å². The summed E-state index contributed by atoms with van der Waals surface area (Å²) in [5.41, 5.74) is -0.166. The summed E-state index contributed by atoms with van der Waals surface area (Å²) in [6.07, 6.45) is 3.91. The molecule has 0 aliphatic carbocycles. The zero-order valence-corrected chi connectivity index (χ0v) is 17.4. The molecule has 3 heterocycles. The lowest BCUT2D eigenvalue weighted by Crippen LogP contribution is -2.73. The normalized spacial score (nSPS) is 22.4. The topological polar surface area (TPSA) is 112 Å². The standard InChI is InChI=1S/C20H19ClN4O4S/c21-12-3-4-13-14(5-8-23-15(13)10-12)22-7-1-2-16(26)24-20(19(28)29)6-9-30-18-11-17(27)25(18)20/h3-6,8-10,18H,1-2,7,11H2,(H,22,23)(H,24,26)(H,28,29). The Balaban J connectivity index is 1.35. The molecule has 1 saturated heterocycles. The predicted molar refractivity (Wildman–Crippen MR) is 115 cm³/mol. The number of amides is 2. The fraction of sp³-hybridized carbons (Fsp3) is 0.300. The van der Waals surface area contributed by atoms with Crippen molar-refractivity contribution in [2.45, 2.75) is 30.3 Å². The summed E-state index contributed by atoms with van der Waals surface area (Å²) in [4.78, 5) is 41.8. The number of hydrogen-bond donors (Lipinski definition) is 3. The molecule has 2 unspecified atom stereocenters. The van der Waals surface area contributed by atoms with Gasteiger partial charge in [0, 0.05) is 35.3 Å². The minimum absolute atomic E-state index is 0.116. The molecule has 4 rings (SSSR count). The SMILES string of the molecule is O=C(CCCNc1ccnc2cc(Cl)ccc12)NC1(C(=O)O)C=CSC2CC(=O)N21. The lowest BCUT2D eigenvalue weighted by Gasteiger charge is -2.51. The zero-order chi connectivity index (χ0) is 21.3. The van der Waals surface area contributed by atoms with E-state index in [4.69, 9.17) is 11.6 Å². The number of aromatic nitrogens is 1. The predicted octanol–water partition coefficient (Wildman–Crippen LogP) is 2.80. The van der Waals surface area contributed by atoms with Crippen LogP contribution in [-0.2, 0) is 14.4 Å². The Kier molecular flexibility index (Phi) is 5.57. The quantitative estimate of drug-likeness (QED) is 0.443. The molecule has 2 aliphatic heterocycles. The maximum atomic E-state index is 12.5. The minimum Gasteiger partial charge on any atom is -0.478 e. The summed E-state index contributed by atoms with van der Waals surface area (Å²) in [6.45, 7) is 0.506. The number of halogens is 1. The third-order valence-corrected chi connectivity index (χ3v) is 6.31. The number of carboxylic acid groups (broad SMARTS) is 1. The van der Waals surface area contributed by atoms with E-state index >= 15 is 0 Å². The van der Waals surface area contributed by atoms with Crippen LogP contribution in [0.15, 0.2) is 41.9 Å². The van der Waals surface area contributed by atoms with Crippen LogP contribution in [0.1, 0.15) is 19.3 Å². The molecular formula is C20H19ClN4O4S. The van der Waals surface area contributed by atoms with E-state index in [9.17, 15) is 19.5 Å². The van der Waals surface area contributed by atoms with E-state index in [1.54, 1.807) is 23.7 Å². The second-order valence-electron chi connectivity index (χ2n) is 7.03. The van der Waals surface area contributed by atoms with Crippen molar-refractivity contribution in [1.29, 1.82) is 0 Å². The summed E-state index contributed by atoms with van der Waals surface area (Å²) in [7, 11) is 0. The first-order valence-electron chi connectivity index (χ1n) is 9.38. The van der Waals surface area contributed by atoms with Crippen LogP contribution in [0.3, 0.4) is 0 Å². The van der Waals surface area contributed by atoms with Gasteiger partial charge in [-0.3, -0.25) is 19.5 Å². The van der Waals surface area contributed by atoms with Gasteiger partial charge in [-0.2, -0.15) is 0 Å². The molecule has 156 valence electrons. The van der Waals surface area contributed by atoms with E-state index in [1.165, 1.54) is 22.7 Å². The number of hydrogen-bond acceptors (Lipinski definition) is 6. The van der Waals surface area contributed by atoms with Gasteiger partial charge in [-0.15, -0.1) is 11.8 Å². The first-order valence-corrected chi connectivity index (χ1v) is 10.7. The molecule has 2 aromatic rings. The number of anilines is 1. The lowest BCUT2D eigenvalue weighted by atomic mass is 10.0. The molecule has 1 aromatic heterocycles. The highest BCUT2D eigenvalue weighted by atomic mass is 35.5. The number of benzene rings is 1. The third-order valence-electron chi connectivity index (χ3n) is 5.09. The van der Waals surface area contributed by atoms with Crippen LogP contribution < -0.4 is 10.6 Å². The molecule has 0 radical (unpaired) electrons. The summed E-state index contributed by atoms with van der Waals surface area (Å²) in [6, 6.07) is 7.29. The molecule has 2 aliphatic rings. The molecule has 0 bridgehead atoms. The number of thioether (sulfide) groups is 1. The maximum Gasteiger partial charge on any atom is 0.355 e. The van der Waals surface area contributed by atoms with Crippen molar-refractivity contribution in [3.8, 4) is 0 Å². The van der Waals surface area contributed by atoms with Gasteiger partial charge < -0.3 is 15.7 Å². The van der Waals surface area contributed by atoms with Crippen LogP contribution in [-0.4, -0.2) is 50.4 Å². The second kappa shape index (κ2) is 8.16.